The van der Waals surface area contributed by atoms with E-state index in [1.165, 1.54) is 44.9 Å². The number of hydrogen-bond donors (Lipinski definition) is 4. The van der Waals surface area contributed by atoms with Crippen LogP contribution in [0, 0.1) is 0 Å². The van der Waals surface area contributed by atoms with Crippen molar-refractivity contribution in [2.24, 2.45) is 0 Å². The molecule has 0 aromatic rings. The summed E-state index contributed by atoms with van der Waals surface area (Å²) in [6.45, 7) is 4.44. The zero-order valence-electron chi connectivity index (χ0n) is 13.8. The van der Waals surface area contributed by atoms with Gasteiger partial charge in [0.2, 0.25) is 0 Å². The molecule has 4 N–H and O–H groups in total. The van der Waals surface area contributed by atoms with Gasteiger partial charge in [-0.3, -0.25) is 0 Å². The van der Waals surface area contributed by atoms with Gasteiger partial charge in [-0.05, 0) is 12.8 Å². The molecule has 1 atom stereocenters. The second-order valence-electron chi connectivity index (χ2n) is 5.30. The van der Waals surface area contributed by atoms with E-state index in [9.17, 15) is 0 Å². The van der Waals surface area contributed by atoms with Crippen LogP contribution in [0.5, 0.6) is 0 Å². The lowest BCUT2D eigenvalue weighted by molar-refractivity contribution is 0.0860. The molecule has 0 saturated heterocycles. The molecule has 21 heavy (non-hydrogen) atoms. The Morgan fingerprint density at radius 3 is 1.76 bits per heavy atom. The summed E-state index contributed by atoms with van der Waals surface area (Å²) in [6, 6.07) is 0. The molecular weight excluding hydrogens is 271 g/mol. The van der Waals surface area contributed by atoms with Gasteiger partial charge in [0.1, 0.15) is 0 Å². The first kappa shape index (κ1) is 23.1. The Kier molecular flexibility index (Phi) is 21.9. The summed E-state index contributed by atoms with van der Waals surface area (Å²) in [6.07, 6.45) is 11.3. The van der Waals surface area contributed by atoms with Crippen molar-refractivity contribution in [3.63, 3.8) is 0 Å². The van der Waals surface area contributed by atoms with E-state index in [0.717, 1.165) is 19.3 Å². The first-order chi connectivity index (χ1) is 10.1. The van der Waals surface area contributed by atoms with Crippen LogP contribution in [0.15, 0.2) is 0 Å². The number of unbranched alkanes of at least 4 members (excludes halogenated alkanes) is 7. The third kappa shape index (κ3) is 25.2. The molecule has 0 aliphatic heterocycles. The van der Waals surface area contributed by atoms with Gasteiger partial charge < -0.3 is 24.9 Å². The third-order valence-corrected chi connectivity index (χ3v) is 3.07. The van der Waals surface area contributed by atoms with Crippen LogP contribution < -0.4 is 0 Å². The van der Waals surface area contributed by atoms with Crippen molar-refractivity contribution >= 4 is 7.32 Å². The van der Waals surface area contributed by atoms with E-state index in [2.05, 4.69) is 11.6 Å². The molecule has 1 unspecified atom stereocenters. The Morgan fingerprint density at radius 2 is 1.38 bits per heavy atom. The van der Waals surface area contributed by atoms with Gasteiger partial charge in [0.05, 0.1) is 12.7 Å². The summed E-state index contributed by atoms with van der Waals surface area (Å²) in [5.41, 5.74) is 0. The molecule has 0 heterocycles. The van der Waals surface area contributed by atoms with Gasteiger partial charge in [-0.15, -0.1) is 0 Å². The molecule has 0 aromatic heterocycles. The number of aliphatic hydroxyl groups excluding tert-OH is 2. The van der Waals surface area contributed by atoms with Crippen molar-refractivity contribution in [3.05, 3.63) is 0 Å². The Balaban J connectivity index is 0. The summed E-state index contributed by atoms with van der Waals surface area (Å²) in [5.74, 6) is 0. The maximum absolute atomic E-state index is 9.08. The highest BCUT2D eigenvalue weighted by atomic mass is 16.6. The van der Waals surface area contributed by atoms with Crippen LogP contribution in [-0.2, 0) is 4.65 Å². The van der Waals surface area contributed by atoms with E-state index < -0.39 is 13.4 Å². The van der Waals surface area contributed by atoms with E-state index in [1.807, 2.05) is 6.92 Å². The molecule has 0 aliphatic carbocycles. The van der Waals surface area contributed by atoms with Crippen LogP contribution in [0.1, 0.15) is 78.1 Å². The molecule has 0 radical (unpaired) electrons. The average Bonchev–Trinajstić information content (AvgIpc) is 2.48. The Morgan fingerprint density at radius 1 is 0.857 bits per heavy atom. The highest BCUT2D eigenvalue weighted by Crippen LogP contribution is 2.10. The standard InChI is InChI=1S/C12H26O2.C3H9BO3/c1-2-3-4-5-6-7-8-9-10-12(14)11-13;1-2-3-7-4(5)6/h12-14H,2-11H2,1H3;5-6H,2-3H2,1H3. The molecule has 6 heteroatoms. The zero-order valence-corrected chi connectivity index (χ0v) is 13.8. The first-order valence-electron chi connectivity index (χ1n) is 8.35. The largest absolute Gasteiger partial charge is 0.633 e. The number of aliphatic hydroxyl groups is 2. The van der Waals surface area contributed by atoms with Crippen molar-refractivity contribution in [1.82, 2.24) is 0 Å². The van der Waals surface area contributed by atoms with E-state index >= 15 is 0 Å². The molecular formula is C15H35BO5. The monoisotopic (exact) mass is 306 g/mol. The highest BCUT2D eigenvalue weighted by Gasteiger charge is 2.04. The van der Waals surface area contributed by atoms with E-state index in [4.69, 9.17) is 20.3 Å². The maximum Gasteiger partial charge on any atom is 0.633 e. The van der Waals surface area contributed by atoms with Gasteiger partial charge >= 0.3 is 7.32 Å². The summed E-state index contributed by atoms with van der Waals surface area (Å²) in [7, 11) is -1.60. The van der Waals surface area contributed by atoms with E-state index in [0.29, 0.717) is 6.61 Å². The third-order valence-electron chi connectivity index (χ3n) is 3.07. The maximum atomic E-state index is 9.08. The minimum absolute atomic E-state index is 0.0868. The van der Waals surface area contributed by atoms with Gasteiger partial charge in [-0.25, -0.2) is 0 Å². The van der Waals surface area contributed by atoms with Gasteiger partial charge in [0, 0.05) is 6.61 Å². The fraction of sp³-hybridized carbons (Fsp3) is 1.00. The van der Waals surface area contributed by atoms with Gasteiger partial charge in [0.15, 0.2) is 0 Å². The molecule has 0 bridgehead atoms. The van der Waals surface area contributed by atoms with Crippen molar-refractivity contribution in [1.29, 1.82) is 0 Å². The molecule has 0 fully saturated rings. The zero-order chi connectivity index (χ0) is 16.3. The summed E-state index contributed by atoms with van der Waals surface area (Å²) in [5, 5.41) is 33.7. The van der Waals surface area contributed by atoms with Crippen molar-refractivity contribution in [2.75, 3.05) is 13.2 Å². The normalized spacial score (nSPS) is 11.7. The lowest BCUT2D eigenvalue weighted by Gasteiger charge is -2.06. The van der Waals surface area contributed by atoms with Gasteiger partial charge in [-0.1, -0.05) is 65.2 Å². The second-order valence-corrected chi connectivity index (χ2v) is 5.30. The second kappa shape index (κ2) is 19.9. The Hall–Kier alpha value is -0.135. The van der Waals surface area contributed by atoms with E-state index in [1.54, 1.807) is 0 Å². The fourth-order valence-corrected chi connectivity index (χ4v) is 1.83. The topological polar surface area (TPSA) is 90.2 Å². The summed E-state index contributed by atoms with van der Waals surface area (Å²) < 4.78 is 4.30. The molecule has 5 nitrogen and oxygen atoms in total. The molecule has 0 aliphatic rings. The van der Waals surface area contributed by atoms with Crippen LogP contribution >= 0.6 is 0 Å². The van der Waals surface area contributed by atoms with Crippen LogP contribution in [0.25, 0.3) is 0 Å². The van der Waals surface area contributed by atoms with Crippen molar-refractivity contribution < 1.29 is 24.9 Å². The molecule has 128 valence electrons. The lowest BCUT2D eigenvalue weighted by Crippen LogP contribution is -2.16. The van der Waals surface area contributed by atoms with Crippen LogP contribution in [0.4, 0.5) is 0 Å². The molecule has 0 amide bonds. The van der Waals surface area contributed by atoms with Crippen LogP contribution in [-0.4, -0.2) is 46.9 Å². The van der Waals surface area contributed by atoms with Gasteiger partial charge in [-0.2, -0.15) is 0 Å². The fourth-order valence-electron chi connectivity index (χ4n) is 1.83. The highest BCUT2D eigenvalue weighted by molar-refractivity contribution is 6.32. The minimum Gasteiger partial charge on any atom is -0.402 e. The lowest BCUT2D eigenvalue weighted by atomic mass is 10.1. The average molecular weight is 306 g/mol. The summed E-state index contributed by atoms with van der Waals surface area (Å²) >= 11 is 0. The van der Waals surface area contributed by atoms with Crippen molar-refractivity contribution in [2.45, 2.75) is 84.2 Å². The Labute approximate surface area is 130 Å². The number of hydrogen-bond acceptors (Lipinski definition) is 5. The van der Waals surface area contributed by atoms with E-state index in [-0.39, 0.29) is 6.61 Å². The minimum atomic E-state index is -1.60. The van der Waals surface area contributed by atoms with Crippen molar-refractivity contribution in [3.8, 4) is 0 Å². The number of rotatable bonds is 13. The van der Waals surface area contributed by atoms with Gasteiger partial charge in [0.25, 0.3) is 0 Å². The molecule has 0 aromatic carbocycles. The molecule has 0 rings (SSSR count). The predicted molar refractivity (Wildman–Crippen MR) is 86.8 cm³/mol. The SMILES string of the molecule is CCCCCCCCCCC(O)CO.CCCOB(O)O. The van der Waals surface area contributed by atoms with Crippen LogP contribution in [0.3, 0.4) is 0 Å². The quantitative estimate of drug-likeness (QED) is 0.309. The smallest absolute Gasteiger partial charge is 0.402 e. The molecule has 0 spiro atoms. The predicted octanol–water partition coefficient (Wildman–Crippen LogP) is 2.25. The molecule has 0 saturated carbocycles. The Bertz CT molecular complexity index is 181. The first-order valence-corrected chi connectivity index (χ1v) is 8.35. The summed E-state index contributed by atoms with van der Waals surface area (Å²) in [4.78, 5) is 0. The van der Waals surface area contributed by atoms with Crippen LogP contribution in [0.2, 0.25) is 0 Å².